The predicted molar refractivity (Wildman–Crippen MR) is 128 cm³/mol. The monoisotopic (exact) mass is 505 g/mol. The first kappa shape index (κ1) is 26.8. The Hall–Kier alpha value is -4.83. The van der Waals surface area contributed by atoms with Crippen LogP contribution in [0.3, 0.4) is 0 Å². The number of aldehydes is 1. The fourth-order valence-electron chi connectivity index (χ4n) is 3.26. The van der Waals surface area contributed by atoms with E-state index in [0.29, 0.717) is 0 Å². The zero-order chi connectivity index (χ0) is 26.8. The molecule has 4 atom stereocenters. The summed E-state index contributed by atoms with van der Waals surface area (Å²) in [5.41, 5.74) is 5.38. The Morgan fingerprint density at radius 2 is 0.973 bits per heavy atom. The molecule has 0 aromatic heterocycles. The quantitative estimate of drug-likeness (QED) is 0.225. The summed E-state index contributed by atoms with van der Waals surface area (Å²) in [7, 11) is 0. The number of hydrogen-bond acceptors (Lipinski definition) is 9. The maximum atomic E-state index is 12.9. The Balaban J connectivity index is 1.99. The van der Waals surface area contributed by atoms with Crippen molar-refractivity contribution in [3.8, 4) is 0 Å². The Labute approximate surface area is 211 Å². The fraction of sp³-hybridized carbons (Fsp3) is 0.148. The van der Waals surface area contributed by atoms with Gasteiger partial charge in [0.2, 0.25) is 5.91 Å². The molecule has 10 heteroatoms. The largest absolute Gasteiger partial charge is 0.451 e. The first-order chi connectivity index (χ1) is 17.8. The molecule has 10 nitrogen and oxygen atoms in total. The van der Waals surface area contributed by atoms with Gasteiger partial charge < -0.3 is 25.1 Å². The molecule has 0 saturated heterocycles. The van der Waals surface area contributed by atoms with Gasteiger partial charge in [0.15, 0.2) is 30.7 Å². The summed E-state index contributed by atoms with van der Waals surface area (Å²) >= 11 is 0. The molecule has 3 rings (SSSR count). The SMILES string of the molecule is NC(=O)[C@@H](O)[C@@H](OC(=O)c1ccccc1)[C@H](OC(=O)c1ccccc1)[C@@H](C=O)OC(=O)c1ccccc1. The lowest BCUT2D eigenvalue weighted by Gasteiger charge is -2.31. The van der Waals surface area contributed by atoms with Crippen molar-refractivity contribution in [2.75, 3.05) is 0 Å². The van der Waals surface area contributed by atoms with E-state index in [1.807, 2.05) is 0 Å². The third-order valence-electron chi connectivity index (χ3n) is 5.14. The second-order valence-electron chi connectivity index (χ2n) is 7.69. The van der Waals surface area contributed by atoms with Gasteiger partial charge in [-0.05, 0) is 36.4 Å². The lowest BCUT2D eigenvalue weighted by atomic mass is 10.0. The third-order valence-corrected chi connectivity index (χ3v) is 5.14. The van der Waals surface area contributed by atoms with E-state index < -0.39 is 48.2 Å². The molecule has 0 saturated carbocycles. The molecule has 3 aromatic carbocycles. The van der Waals surface area contributed by atoms with Crippen LogP contribution in [0.15, 0.2) is 91.0 Å². The molecule has 0 radical (unpaired) electrons. The molecule has 1 amide bonds. The number of carbonyl (C=O) groups is 5. The van der Waals surface area contributed by atoms with Crippen LogP contribution in [0.5, 0.6) is 0 Å². The number of nitrogens with two attached hydrogens (primary N) is 1. The van der Waals surface area contributed by atoms with Crippen LogP contribution in [0.1, 0.15) is 31.1 Å². The van der Waals surface area contributed by atoms with Gasteiger partial charge in [-0.1, -0.05) is 54.6 Å². The van der Waals surface area contributed by atoms with Gasteiger partial charge in [-0.2, -0.15) is 0 Å². The van der Waals surface area contributed by atoms with Crippen molar-refractivity contribution in [1.29, 1.82) is 0 Å². The summed E-state index contributed by atoms with van der Waals surface area (Å²) in [5.74, 6) is -4.35. The molecule has 0 fully saturated rings. The van der Waals surface area contributed by atoms with Gasteiger partial charge >= 0.3 is 17.9 Å². The first-order valence-corrected chi connectivity index (χ1v) is 11.0. The lowest BCUT2D eigenvalue weighted by Crippen LogP contribution is -2.54. The number of hydrogen-bond donors (Lipinski definition) is 2. The number of rotatable bonds is 11. The molecular formula is C27H23NO9. The summed E-state index contributed by atoms with van der Waals surface area (Å²) in [6.45, 7) is 0. The maximum absolute atomic E-state index is 12.9. The van der Waals surface area contributed by atoms with Crippen molar-refractivity contribution in [3.05, 3.63) is 108 Å². The lowest BCUT2D eigenvalue weighted by molar-refractivity contribution is -0.150. The minimum absolute atomic E-state index is 0.0289. The molecule has 0 bridgehead atoms. The smallest absolute Gasteiger partial charge is 0.338 e. The zero-order valence-corrected chi connectivity index (χ0v) is 19.3. The molecule has 190 valence electrons. The molecule has 0 aliphatic heterocycles. The number of benzene rings is 3. The van der Waals surface area contributed by atoms with Crippen molar-refractivity contribution >= 4 is 30.1 Å². The summed E-state index contributed by atoms with van der Waals surface area (Å²) < 4.78 is 16.0. The number of amides is 1. The average Bonchev–Trinajstić information content (AvgIpc) is 2.94. The average molecular weight is 505 g/mol. The second kappa shape index (κ2) is 12.8. The summed E-state index contributed by atoms with van der Waals surface area (Å²) in [6, 6.07) is 22.7. The Morgan fingerprint density at radius 3 is 1.32 bits per heavy atom. The molecule has 37 heavy (non-hydrogen) atoms. The molecule has 0 aliphatic rings. The van der Waals surface area contributed by atoms with Gasteiger partial charge in [-0.3, -0.25) is 9.59 Å². The topological polar surface area (TPSA) is 159 Å². The molecule has 0 aliphatic carbocycles. The van der Waals surface area contributed by atoms with Gasteiger partial charge in [0.05, 0.1) is 16.7 Å². The van der Waals surface area contributed by atoms with Gasteiger partial charge in [0, 0.05) is 0 Å². The van der Waals surface area contributed by atoms with Crippen molar-refractivity contribution in [3.63, 3.8) is 0 Å². The Bertz CT molecular complexity index is 1230. The van der Waals surface area contributed by atoms with E-state index in [1.54, 1.807) is 54.6 Å². The van der Waals surface area contributed by atoms with E-state index in [1.165, 1.54) is 36.4 Å². The van der Waals surface area contributed by atoms with Crippen LogP contribution in [0.2, 0.25) is 0 Å². The number of aliphatic hydroxyl groups excluding tert-OH is 1. The highest BCUT2D eigenvalue weighted by atomic mass is 16.6. The summed E-state index contributed by atoms with van der Waals surface area (Å²) in [4.78, 5) is 62.3. The first-order valence-electron chi connectivity index (χ1n) is 11.0. The van der Waals surface area contributed by atoms with Crippen molar-refractivity contribution < 1.29 is 43.3 Å². The van der Waals surface area contributed by atoms with E-state index >= 15 is 0 Å². The molecule has 0 unspecified atom stereocenters. The molecule has 3 N–H and O–H groups in total. The summed E-state index contributed by atoms with van der Waals surface area (Å²) in [5, 5.41) is 10.5. The number of primary amides is 1. The van der Waals surface area contributed by atoms with Gasteiger partial charge in [0.25, 0.3) is 0 Å². The van der Waals surface area contributed by atoms with Gasteiger partial charge in [-0.25, -0.2) is 14.4 Å². The van der Waals surface area contributed by atoms with Crippen LogP contribution in [0.25, 0.3) is 0 Å². The number of aliphatic hydroxyl groups is 1. The highest BCUT2D eigenvalue weighted by Crippen LogP contribution is 2.20. The minimum atomic E-state index is -2.24. The van der Waals surface area contributed by atoms with Crippen molar-refractivity contribution in [2.24, 2.45) is 5.73 Å². The molecular weight excluding hydrogens is 482 g/mol. The van der Waals surface area contributed by atoms with Gasteiger partial charge in [-0.15, -0.1) is 0 Å². The van der Waals surface area contributed by atoms with Crippen LogP contribution >= 0.6 is 0 Å². The van der Waals surface area contributed by atoms with Crippen LogP contribution in [0.4, 0.5) is 0 Å². The zero-order valence-electron chi connectivity index (χ0n) is 19.3. The highest BCUT2D eigenvalue weighted by molar-refractivity contribution is 5.92. The second-order valence-corrected chi connectivity index (χ2v) is 7.69. The van der Waals surface area contributed by atoms with Crippen molar-refractivity contribution in [2.45, 2.75) is 24.4 Å². The van der Waals surface area contributed by atoms with E-state index in [2.05, 4.69) is 0 Å². The summed E-state index contributed by atoms with van der Waals surface area (Å²) in [6.07, 6.45) is -7.98. The Kier molecular flexibility index (Phi) is 9.23. The van der Waals surface area contributed by atoms with E-state index in [9.17, 15) is 29.1 Å². The van der Waals surface area contributed by atoms with Gasteiger partial charge in [0.1, 0.15) is 0 Å². The maximum Gasteiger partial charge on any atom is 0.338 e. The molecule has 3 aromatic rings. The standard InChI is InChI=1S/C27H23NO9/c28-24(31)21(30)23(37-27(34)19-14-8-3-9-15-19)22(36-26(33)18-12-6-2-7-13-18)20(16-29)35-25(32)17-10-4-1-5-11-17/h1-16,20-23,30H,(H2,28,31)/t20-,21+,22-,23-/m1/s1. The van der Waals surface area contributed by atoms with E-state index in [-0.39, 0.29) is 23.0 Å². The third kappa shape index (κ3) is 7.09. The normalized spacial score (nSPS) is 13.8. The van der Waals surface area contributed by atoms with Crippen LogP contribution in [-0.4, -0.2) is 59.6 Å². The molecule has 0 heterocycles. The molecule has 0 spiro atoms. The van der Waals surface area contributed by atoms with Crippen molar-refractivity contribution in [1.82, 2.24) is 0 Å². The van der Waals surface area contributed by atoms with Crippen LogP contribution in [-0.2, 0) is 23.8 Å². The number of carbonyl (C=O) groups excluding carboxylic acids is 5. The highest BCUT2D eigenvalue weighted by Gasteiger charge is 2.44. The predicted octanol–water partition coefficient (Wildman–Crippen LogP) is 1.71. The fourth-order valence-corrected chi connectivity index (χ4v) is 3.26. The van der Waals surface area contributed by atoms with E-state index in [0.717, 1.165) is 0 Å². The van der Waals surface area contributed by atoms with Crippen LogP contribution < -0.4 is 5.73 Å². The Morgan fingerprint density at radius 1 is 0.622 bits per heavy atom. The van der Waals surface area contributed by atoms with E-state index in [4.69, 9.17) is 19.9 Å². The minimum Gasteiger partial charge on any atom is -0.451 e. The number of ether oxygens (including phenoxy) is 3. The van der Waals surface area contributed by atoms with Crippen LogP contribution in [0, 0.1) is 0 Å². The number of esters is 3.